The number of ether oxygens (including phenoxy) is 1. The molecule has 0 atom stereocenters. The van der Waals surface area contributed by atoms with Crippen LogP contribution in [0.25, 0.3) is 0 Å². The van der Waals surface area contributed by atoms with Crippen molar-refractivity contribution in [2.75, 3.05) is 11.9 Å². The van der Waals surface area contributed by atoms with Crippen LogP contribution in [0.2, 0.25) is 0 Å². The van der Waals surface area contributed by atoms with Crippen molar-refractivity contribution in [3.8, 4) is 18.1 Å². The summed E-state index contributed by atoms with van der Waals surface area (Å²) in [5, 5.41) is 3.17. The van der Waals surface area contributed by atoms with E-state index in [4.69, 9.17) is 11.2 Å². The SMILES string of the molecule is C#CC(C)(C)Nc1ncccc1OCCC. The zero-order chi connectivity index (χ0) is 12.0. The number of aromatic nitrogens is 1. The van der Waals surface area contributed by atoms with Crippen molar-refractivity contribution in [2.24, 2.45) is 0 Å². The van der Waals surface area contributed by atoms with E-state index in [-0.39, 0.29) is 0 Å². The molecule has 1 heterocycles. The number of anilines is 1. The van der Waals surface area contributed by atoms with Gasteiger partial charge in [-0.2, -0.15) is 0 Å². The molecule has 0 saturated carbocycles. The van der Waals surface area contributed by atoms with Crippen molar-refractivity contribution in [1.82, 2.24) is 4.98 Å². The summed E-state index contributed by atoms with van der Waals surface area (Å²) in [6.07, 6.45) is 8.10. The van der Waals surface area contributed by atoms with Crippen molar-refractivity contribution in [3.63, 3.8) is 0 Å². The lowest BCUT2D eigenvalue weighted by Crippen LogP contribution is -2.29. The van der Waals surface area contributed by atoms with Crippen LogP contribution in [0.5, 0.6) is 5.75 Å². The highest BCUT2D eigenvalue weighted by Crippen LogP contribution is 2.24. The van der Waals surface area contributed by atoms with E-state index in [1.165, 1.54) is 0 Å². The van der Waals surface area contributed by atoms with Gasteiger partial charge in [-0.05, 0) is 32.4 Å². The number of pyridine rings is 1. The van der Waals surface area contributed by atoms with Gasteiger partial charge in [0.1, 0.15) is 0 Å². The van der Waals surface area contributed by atoms with E-state index in [1.54, 1.807) is 6.20 Å². The number of nitrogens with zero attached hydrogens (tertiary/aromatic N) is 1. The molecular weight excluding hydrogens is 200 g/mol. The fourth-order valence-corrected chi connectivity index (χ4v) is 1.15. The maximum absolute atomic E-state index is 5.58. The quantitative estimate of drug-likeness (QED) is 0.771. The van der Waals surface area contributed by atoms with Gasteiger partial charge in [0.2, 0.25) is 0 Å². The molecule has 3 nitrogen and oxygen atoms in total. The van der Waals surface area contributed by atoms with Crippen LogP contribution in [0, 0.1) is 12.3 Å². The molecule has 0 aliphatic heterocycles. The molecule has 1 aromatic rings. The highest BCUT2D eigenvalue weighted by atomic mass is 16.5. The molecule has 0 saturated heterocycles. The highest BCUT2D eigenvalue weighted by Gasteiger charge is 2.16. The van der Waals surface area contributed by atoms with E-state index in [1.807, 2.05) is 26.0 Å². The average molecular weight is 218 g/mol. The van der Waals surface area contributed by atoms with Crippen molar-refractivity contribution in [1.29, 1.82) is 0 Å². The monoisotopic (exact) mass is 218 g/mol. The fourth-order valence-electron chi connectivity index (χ4n) is 1.15. The average Bonchev–Trinajstić information content (AvgIpc) is 2.27. The molecule has 3 heteroatoms. The van der Waals surface area contributed by atoms with Crippen LogP contribution in [0.1, 0.15) is 27.2 Å². The van der Waals surface area contributed by atoms with Gasteiger partial charge in [-0.1, -0.05) is 12.8 Å². The summed E-state index contributed by atoms with van der Waals surface area (Å²) >= 11 is 0. The summed E-state index contributed by atoms with van der Waals surface area (Å²) in [6.45, 7) is 6.59. The van der Waals surface area contributed by atoms with Gasteiger partial charge in [0.15, 0.2) is 11.6 Å². The van der Waals surface area contributed by atoms with E-state index in [0.717, 1.165) is 12.2 Å². The lowest BCUT2D eigenvalue weighted by Gasteiger charge is -2.21. The third-order valence-electron chi connectivity index (χ3n) is 2.02. The molecule has 1 aromatic heterocycles. The van der Waals surface area contributed by atoms with Gasteiger partial charge in [-0.25, -0.2) is 4.98 Å². The minimum Gasteiger partial charge on any atom is -0.490 e. The predicted molar refractivity (Wildman–Crippen MR) is 66.6 cm³/mol. The third-order valence-corrected chi connectivity index (χ3v) is 2.02. The van der Waals surface area contributed by atoms with Gasteiger partial charge in [-0.3, -0.25) is 0 Å². The Bertz CT molecular complexity index is 380. The highest BCUT2D eigenvalue weighted by molar-refractivity contribution is 5.52. The summed E-state index contributed by atoms with van der Waals surface area (Å²) in [5.41, 5.74) is -0.432. The Kier molecular flexibility index (Phi) is 4.19. The van der Waals surface area contributed by atoms with Gasteiger partial charge in [-0.15, -0.1) is 6.42 Å². The first-order chi connectivity index (χ1) is 7.59. The fraction of sp³-hybridized carbons (Fsp3) is 0.462. The summed E-state index contributed by atoms with van der Waals surface area (Å²) in [5.74, 6) is 4.10. The molecule has 0 unspecified atom stereocenters. The lowest BCUT2D eigenvalue weighted by atomic mass is 10.1. The molecule has 0 amide bonds. The molecule has 16 heavy (non-hydrogen) atoms. The molecule has 1 rings (SSSR count). The van der Waals surface area contributed by atoms with Gasteiger partial charge in [0.05, 0.1) is 12.1 Å². The number of rotatable bonds is 5. The van der Waals surface area contributed by atoms with E-state index >= 15 is 0 Å². The predicted octanol–water partition coefficient (Wildman–Crippen LogP) is 2.69. The second-order valence-corrected chi connectivity index (χ2v) is 4.09. The van der Waals surface area contributed by atoms with Crippen LogP contribution < -0.4 is 10.1 Å². The molecule has 0 spiro atoms. The molecule has 0 aliphatic rings. The van der Waals surface area contributed by atoms with Crippen LogP contribution in [0.15, 0.2) is 18.3 Å². The van der Waals surface area contributed by atoms with Gasteiger partial charge < -0.3 is 10.1 Å². The summed E-state index contributed by atoms with van der Waals surface area (Å²) in [6, 6.07) is 3.73. The van der Waals surface area contributed by atoms with Crippen molar-refractivity contribution < 1.29 is 4.74 Å². The molecular formula is C13H18N2O. The number of hydrogen-bond donors (Lipinski definition) is 1. The Morgan fingerprint density at radius 2 is 2.31 bits per heavy atom. The smallest absolute Gasteiger partial charge is 0.169 e. The van der Waals surface area contributed by atoms with Gasteiger partial charge in [0, 0.05) is 6.20 Å². The van der Waals surface area contributed by atoms with Crippen molar-refractivity contribution >= 4 is 5.82 Å². The molecule has 0 aromatic carbocycles. The van der Waals surface area contributed by atoms with Crippen LogP contribution in [0.3, 0.4) is 0 Å². The summed E-state index contributed by atoms with van der Waals surface area (Å²) in [7, 11) is 0. The van der Waals surface area contributed by atoms with Gasteiger partial charge >= 0.3 is 0 Å². The second kappa shape index (κ2) is 5.41. The standard InChI is InChI=1S/C13H18N2O/c1-5-10-16-11-8-7-9-14-12(11)15-13(3,4)6-2/h2,7-9H,5,10H2,1,3-4H3,(H,14,15). The molecule has 1 N–H and O–H groups in total. The first-order valence-corrected chi connectivity index (χ1v) is 5.43. The third kappa shape index (κ3) is 3.47. The maximum Gasteiger partial charge on any atom is 0.169 e. The van der Waals surface area contributed by atoms with Crippen molar-refractivity contribution in [2.45, 2.75) is 32.7 Å². The normalized spacial score (nSPS) is 10.6. The Balaban J connectivity index is 2.83. The van der Waals surface area contributed by atoms with E-state index in [9.17, 15) is 0 Å². The first kappa shape index (κ1) is 12.4. The summed E-state index contributed by atoms with van der Waals surface area (Å²) in [4.78, 5) is 4.23. The number of terminal acetylenes is 1. The minimum absolute atomic E-state index is 0.432. The molecule has 0 bridgehead atoms. The Morgan fingerprint density at radius 3 is 2.94 bits per heavy atom. The second-order valence-electron chi connectivity index (χ2n) is 4.09. The first-order valence-electron chi connectivity index (χ1n) is 5.43. The lowest BCUT2D eigenvalue weighted by molar-refractivity contribution is 0.317. The van der Waals surface area contributed by atoms with Crippen LogP contribution in [-0.4, -0.2) is 17.1 Å². The topological polar surface area (TPSA) is 34.2 Å². The minimum atomic E-state index is -0.432. The number of hydrogen-bond acceptors (Lipinski definition) is 3. The Morgan fingerprint density at radius 1 is 1.56 bits per heavy atom. The largest absolute Gasteiger partial charge is 0.490 e. The molecule has 0 fully saturated rings. The maximum atomic E-state index is 5.58. The van der Waals surface area contributed by atoms with E-state index in [0.29, 0.717) is 12.4 Å². The zero-order valence-electron chi connectivity index (χ0n) is 10.1. The molecule has 0 radical (unpaired) electrons. The van der Waals surface area contributed by atoms with Crippen LogP contribution in [0.4, 0.5) is 5.82 Å². The molecule has 0 aliphatic carbocycles. The van der Waals surface area contributed by atoms with Crippen LogP contribution >= 0.6 is 0 Å². The van der Waals surface area contributed by atoms with E-state index < -0.39 is 5.54 Å². The van der Waals surface area contributed by atoms with Gasteiger partial charge in [0.25, 0.3) is 0 Å². The summed E-state index contributed by atoms with van der Waals surface area (Å²) < 4.78 is 5.58. The molecule has 86 valence electrons. The van der Waals surface area contributed by atoms with Crippen LogP contribution in [-0.2, 0) is 0 Å². The Labute approximate surface area is 97.2 Å². The number of nitrogens with one attached hydrogen (secondary N) is 1. The van der Waals surface area contributed by atoms with E-state index in [2.05, 4.69) is 23.1 Å². The Hall–Kier alpha value is -1.69. The van der Waals surface area contributed by atoms with Crippen molar-refractivity contribution in [3.05, 3.63) is 18.3 Å². The zero-order valence-corrected chi connectivity index (χ0v) is 10.1.